The molecule has 0 aromatic carbocycles. The molecule has 0 N–H and O–H groups in total. The molecule has 3 saturated carbocycles. The third-order valence-electron chi connectivity index (χ3n) is 5.22. The van der Waals surface area contributed by atoms with Crippen LogP contribution in [0.3, 0.4) is 0 Å². The van der Waals surface area contributed by atoms with Crippen molar-refractivity contribution in [3.63, 3.8) is 0 Å². The van der Waals surface area contributed by atoms with Crippen LogP contribution < -0.4 is 0 Å². The van der Waals surface area contributed by atoms with Crippen molar-refractivity contribution in [2.75, 3.05) is 0 Å². The predicted molar refractivity (Wildman–Crippen MR) is 73.9 cm³/mol. The highest BCUT2D eigenvalue weighted by molar-refractivity contribution is 5.23. The van der Waals surface area contributed by atoms with Crippen LogP contribution in [0, 0.1) is 11.8 Å². The first-order chi connectivity index (χ1) is 8.43. The maximum atomic E-state index is 2.52. The second kappa shape index (κ2) is 5.42. The van der Waals surface area contributed by atoms with Gasteiger partial charge in [-0.25, -0.2) is 0 Å². The van der Waals surface area contributed by atoms with Gasteiger partial charge in [-0.2, -0.15) is 0 Å². The fraction of sp³-hybridized carbons (Fsp3) is 0.765. The summed E-state index contributed by atoms with van der Waals surface area (Å²) in [5, 5.41) is 0. The smallest absolute Gasteiger partial charge is 0.0172 e. The Morgan fingerprint density at radius 1 is 0.706 bits per heavy atom. The third-order valence-corrected chi connectivity index (χ3v) is 5.22. The highest BCUT2D eigenvalue weighted by Gasteiger charge is 2.32. The third kappa shape index (κ3) is 2.67. The number of rotatable bonds is 1. The van der Waals surface area contributed by atoms with E-state index in [0.29, 0.717) is 0 Å². The van der Waals surface area contributed by atoms with Gasteiger partial charge in [0.05, 0.1) is 0 Å². The van der Waals surface area contributed by atoms with Crippen LogP contribution in [0.1, 0.15) is 70.6 Å². The van der Waals surface area contributed by atoms with Crippen molar-refractivity contribution >= 4 is 0 Å². The van der Waals surface area contributed by atoms with E-state index in [1.165, 1.54) is 70.6 Å². The van der Waals surface area contributed by atoms with Crippen LogP contribution in [0.15, 0.2) is 23.3 Å². The molecule has 17 heavy (non-hydrogen) atoms. The van der Waals surface area contributed by atoms with Crippen molar-refractivity contribution in [2.45, 2.75) is 70.6 Å². The molecular formula is C17H26. The quantitative estimate of drug-likeness (QED) is 0.565. The average molecular weight is 230 g/mol. The minimum absolute atomic E-state index is 0.976. The molecular weight excluding hydrogens is 204 g/mol. The maximum Gasteiger partial charge on any atom is -0.0172 e. The maximum absolute atomic E-state index is 2.52. The van der Waals surface area contributed by atoms with Crippen LogP contribution in [0.4, 0.5) is 0 Å². The van der Waals surface area contributed by atoms with E-state index in [9.17, 15) is 0 Å². The first-order valence-electron chi connectivity index (χ1n) is 7.82. The molecule has 94 valence electrons. The van der Waals surface area contributed by atoms with Crippen molar-refractivity contribution in [2.24, 2.45) is 11.8 Å². The zero-order chi connectivity index (χ0) is 11.5. The molecule has 0 radical (unpaired) electrons. The fourth-order valence-corrected chi connectivity index (χ4v) is 4.18. The molecule has 2 atom stereocenters. The Morgan fingerprint density at radius 3 is 2.41 bits per heavy atom. The van der Waals surface area contributed by atoms with Crippen LogP contribution in [0.5, 0.6) is 0 Å². The summed E-state index contributed by atoms with van der Waals surface area (Å²) >= 11 is 0. The molecule has 0 heteroatoms. The summed E-state index contributed by atoms with van der Waals surface area (Å²) in [5.41, 5.74) is 3.52. The van der Waals surface area contributed by atoms with Gasteiger partial charge >= 0.3 is 0 Å². The van der Waals surface area contributed by atoms with Crippen LogP contribution in [-0.4, -0.2) is 0 Å². The Labute approximate surface area is 106 Å². The average Bonchev–Trinajstić information content (AvgIpc) is 2.81. The topological polar surface area (TPSA) is 0 Å². The van der Waals surface area contributed by atoms with Gasteiger partial charge in [-0.05, 0) is 63.2 Å². The molecule has 0 aromatic heterocycles. The Hall–Kier alpha value is -0.520. The van der Waals surface area contributed by atoms with E-state index in [1.54, 1.807) is 11.1 Å². The second-order valence-electron chi connectivity index (χ2n) is 6.32. The number of fused-ring (bicyclic) bond motifs is 1. The number of allylic oxidation sites excluding steroid dienone is 4. The van der Waals surface area contributed by atoms with E-state index >= 15 is 0 Å². The van der Waals surface area contributed by atoms with Crippen LogP contribution in [-0.2, 0) is 0 Å². The van der Waals surface area contributed by atoms with Gasteiger partial charge in [-0.1, -0.05) is 42.6 Å². The lowest BCUT2D eigenvalue weighted by atomic mass is 9.80. The lowest BCUT2D eigenvalue weighted by molar-refractivity contribution is 0.302. The molecule has 0 heterocycles. The summed E-state index contributed by atoms with van der Waals surface area (Å²) < 4.78 is 0. The number of hydrogen-bond donors (Lipinski definition) is 0. The lowest BCUT2D eigenvalue weighted by Gasteiger charge is -2.25. The first-order valence-corrected chi connectivity index (χ1v) is 7.82. The molecule has 3 aliphatic rings. The highest BCUT2D eigenvalue weighted by Crippen LogP contribution is 2.45. The fourth-order valence-electron chi connectivity index (χ4n) is 4.18. The van der Waals surface area contributed by atoms with Gasteiger partial charge in [0.15, 0.2) is 0 Å². The van der Waals surface area contributed by atoms with Gasteiger partial charge in [0.2, 0.25) is 0 Å². The minimum Gasteiger partial charge on any atom is -0.0702 e. The summed E-state index contributed by atoms with van der Waals surface area (Å²) in [6, 6.07) is 0. The molecule has 0 spiro atoms. The first kappa shape index (κ1) is 11.6. The summed E-state index contributed by atoms with van der Waals surface area (Å²) in [6.07, 6.45) is 20.9. The highest BCUT2D eigenvalue weighted by atomic mass is 14.4. The molecule has 0 nitrogen and oxygen atoms in total. The second-order valence-corrected chi connectivity index (χ2v) is 6.32. The summed E-state index contributed by atoms with van der Waals surface area (Å²) in [7, 11) is 0. The zero-order valence-electron chi connectivity index (χ0n) is 11.1. The Bertz CT molecular complexity index is 313. The van der Waals surface area contributed by atoms with Gasteiger partial charge in [0.1, 0.15) is 0 Å². The number of hydrogen-bond acceptors (Lipinski definition) is 0. The van der Waals surface area contributed by atoms with E-state index in [2.05, 4.69) is 12.2 Å². The Balaban J connectivity index is 1.67. The Kier molecular flexibility index (Phi) is 3.68. The van der Waals surface area contributed by atoms with Gasteiger partial charge in [0.25, 0.3) is 0 Å². The lowest BCUT2D eigenvalue weighted by Crippen LogP contribution is -2.14. The molecule has 2 unspecified atom stereocenters. The van der Waals surface area contributed by atoms with Gasteiger partial charge in [-0.3, -0.25) is 0 Å². The molecule has 0 saturated heterocycles. The van der Waals surface area contributed by atoms with E-state index < -0.39 is 0 Å². The zero-order valence-corrected chi connectivity index (χ0v) is 11.1. The summed E-state index contributed by atoms with van der Waals surface area (Å²) in [4.78, 5) is 0. The van der Waals surface area contributed by atoms with Crippen LogP contribution >= 0.6 is 0 Å². The minimum atomic E-state index is 0.976. The van der Waals surface area contributed by atoms with Crippen molar-refractivity contribution in [1.82, 2.24) is 0 Å². The van der Waals surface area contributed by atoms with Crippen molar-refractivity contribution in [3.8, 4) is 0 Å². The molecule has 0 amide bonds. The molecule has 0 bridgehead atoms. The largest absolute Gasteiger partial charge is 0.0702 e. The van der Waals surface area contributed by atoms with Gasteiger partial charge in [-0.15, -0.1) is 0 Å². The summed E-state index contributed by atoms with van der Waals surface area (Å²) in [5.74, 6) is 2.03. The van der Waals surface area contributed by atoms with Crippen molar-refractivity contribution in [1.29, 1.82) is 0 Å². The van der Waals surface area contributed by atoms with E-state index in [0.717, 1.165) is 11.8 Å². The van der Waals surface area contributed by atoms with Gasteiger partial charge < -0.3 is 0 Å². The predicted octanol–water partition coefficient (Wildman–Crippen LogP) is 5.40. The van der Waals surface area contributed by atoms with Gasteiger partial charge in [0, 0.05) is 0 Å². The summed E-state index contributed by atoms with van der Waals surface area (Å²) in [6.45, 7) is 0. The van der Waals surface area contributed by atoms with Crippen LogP contribution in [0.25, 0.3) is 0 Å². The molecule has 3 fully saturated rings. The van der Waals surface area contributed by atoms with Crippen molar-refractivity contribution < 1.29 is 0 Å². The normalized spacial score (nSPS) is 36.0. The monoisotopic (exact) mass is 230 g/mol. The molecule has 0 aliphatic heterocycles. The van der Waals surface area contributed by atoms with E-state index in [1.807, 2.05) is 0 Å². The molecule has 3 aliphatic carbocycles. The molecule has 0 aromatic rings. The SMILES string of the molecule is C(C=C1CCC2CCCCC12)=C1CCCCC1. The standard InChI is InChI=1S/C17H26/c1-2-6-14(7-3-1)10-11-16-13-12-15-8-4-5-9-17(15)16/h10-11,15,17H,1-9,12-13H2. The van der Waals surface area contributed by atoms with Crippen LogP contribution in [0.2, 0.25) is 0 Å². The molecule has 3 rings (SSSR count). The van der Waals surface area contributed by atoms with E-state index in [-0.39, 0.29) is 0 Å². The van der Waals surface area contributed by atoms with Crippen molar-refractivity contribution in [3.05, 3.63) is 23.3 Å². The Morgan fingerprint density at radius 2 is 1.53 bits per heavy atom. The van der Waals surface area contributed by atoms with E-state index in [4.69, 9.17) is 0 Å².